The van der Waals surface area contributed by atoms with E-state index in [1.165, 1.54) is 4.90 Å². The molecule has 0 bridgehead atoms. The van der Waals surface area contributed by atoms with Gasteiger partial charge in [0.2, 0.25) is 11.8 Å². The van der Waals surface area contributed by atoms with E-state index in [4.69, 9.17) is 0 Å². The van der Waals surface area contributed by atoms with Gasteiger partial charge < -0.3 is 10.2 Å². The third-order valence-corrected chi connectivity index (χ3v) is 4.68. The highest BCUT2D eigenvalue weighted by Crippen LogP contribution is 2.18. The van der Waals surface area contributed by atoms with E-state index < -0.39 is 15.4 Å². The summed E-state index contributed by atoms with van der Waals surface area (Å²) in [4.78, 5) is 24.6. The fourth-order valence-corrected chi connectivity index (χ4v) is 2.43. The van der Waals surface area contributed by atoms with Crippen molar-refractivity contribution >= 4 is 21.7 Å². The molecule has 1 rings (SSSR count). The zero-order valence-electron chi connectivity index (χ0n) is 10.3. The van der Waals surface area contributed by atoms with Crippen LogP contribution in [0.2, 0.25) is 0 Å². The zero-order valence-corrected chi connectivity index (χ0v) is 11.1. The van der Waals surface area contributed by atoms with Crippen molar-refractivity contribution < 1.29 is 18.0 Å². The van der Waals surface area contributed by atoms with Gasteiger partial charge in [0.1, 0.15) is 5.54 Å². The van der Waals surface area contributed by atoms with E-state index in [9.17, 15) is 18.0 Å². The number of rotatable bonds is 4. The Morgan fingerprint density at radius 2 is 1.94 bits per heavy atom. The number of carbonyl (C=O) groups excluding carboxylic acids is 2. The Labute approximate surface area is 101 Å². The summed E-state index contributed by atoms with van der Waals surface area (Å²) in [5.41, 5.74) is -0.988. The summed E-state index contributed by atoms with van der Waals surface area (Å²) in [5, 5.41) is 2.48. The molecule has 0 aromatic rings. The van der Waals surface area contributed by atoms with Crippen LogP contribution < -0.4 is 5.32 Å². The minimum absolute atomic E-state index is 0.0433. The van der Waals surface area contributed by atoms with Gasteiger partial charge in [0.25, 0.3) is 0 Å². The van der Waals surface area contributed by atoms with E-state index in [1.54, 1.807) is 20.8 Å². The molecule has 0 radical (unpaired) electrons. The lowest BCUT2D eigenvalue weighted by atomic mass is 9.99. The van der Waals surface area contributed by atoms with Crippen LogP contribution in [0.15, 0.2) is 0 Å². The molecule has 0 aromatic carbocycles. The van der Waals surface area contributed by atoms with Crippen molar-refractivity contribution in [2.75, 3.05) is 24.6 Å². The van der Waals surface area contributed by atoms with Gasteiger partial charge in [0.15, 0.2) is 9.84 Å². The number of hydrogen-bond acceptors (Lipinski definition) is 4. The van der Waals surface area contributed by atoms with Crippen molar-refractivity contribution in [1.29, 1.82) is 0 Å². The van der Waals surface area contributed by atoms with E-state index in [0.29, 0.717) is 0 Å². The SMILES string of the molecule is CCS(=O)(=O)CCN1C(=O)CNC(=O)C1(C)C. The molecule has 0 aromatic heterocycles. The van der Waals surface area contributed by atoms with E-state index >= 15 is 0 Å². The number of nitrogens with one attached hydrogen (secondary N) is 1. The summed E-state index contributed by atoms with van der Waals surface area (Å²) in [5.74, 6) is -0.569. The van der Waals surface area contributed by atoms with Gasteiger partial charge in [-0.25, -0.2) is 8.42 Å². The predicted octanol–water partition coefficient (Wildman–Crippen LogP) is -0.842. The standard InChI is InChI=1S/C10H18N2O4S/c1-4-17(15,16)6-5-12-8(13)7-11-9(14)10(12,2)3/h4-7H2,1-3H3,(H,11,14). The molecule has 1 aliphatic heterocycles. The molecular formula is C10H18N2O4S. The Morgan fingerprint density at radius 1 is 1.35 bits per heavy atom. The van der Waals surface area contributed by atoms with Crippen molar-refractivity contribution in [2.24, 2.45) is 0 Å². The fraction of sp³-hybridized carbons (Fsp3) is 0.800. The van der Waals surface area contributed by atoms with Crippen LogP contribution >= 0.6 is 0 Å². The average Bonchev–Trinajstić information content (AvgIpc) is 2.23. The summed E-state index contributed by atoms with van der Waals surface area (Å²) in [7, 11) is -3.14. The van der Waals surface area contributed by atoms with E-state index in [2.05, 4.69) is 5.32 Å². The molecular weight excluding hydrogens is 244 g/mol. The lowest BCUT2D eigenvalue weighted by Crippen LogP contribution is -2.65. The van der Waals surface area contributed by atoms with Crippen molar-refractivity contribution in [1.82, 2.24) is 10.2 Å². The smallest absolute Gasteiger partial charge is 0.245 e. The first-order valence-electron chi connectivity index (χ1n) is 5.50. The number of nitrogens with zero attached hydrogens (tertiary/aromatic N) is 1. The second-order valence-electron chi connectivity index (χ2n) is 4.52. The molecule has 1 heterocycles. The first-order chi connectivity index (χ1) is 7.70. The molecule has 1 N–H and O–H groups in total. The highest BCUT2D eigenvalue weighted by atomic mass is 32.2. The minimum atomic E-state index is -3.14. The van der Waals surface area contributed by atoms with E-state index in [1.807, 2.05) is 0 Å². The predicted molar refractivity (Wildman–Crippen MR) is 63.1 cm³/mol. The maximum atomic E-state index is 11.7. The molecule has 0 aliphatic carbocycles. The van der Waals surface area contributed by atoms with Gasteiger partial charge in [-0.2, -0.15) is 0 Å². The van der Waals surface area contributed by atoms with Gasteiger partial charge in [-0.3, -0.25) is 9.59 Å². The lowest BCUT2D eigenvalue weighted by Gasteiger charge is -2.40. The molecule has 1 fully saturated rings. The highest BCUT2D eigenvalue weighted by Gasteiger charge is 2.41. The number of piperazine rings is 1. The van der Waals surface area contributed by atoms with Crippen molar-refractivity contribution in [2.45, 2.75) is 26.3 Å². The number of amides is 2. The molecule has 17 heavy (non-hydrogen) atoms. The molecule has 98 valence electrons. The number of sulfone groups is 1. The Kier molecular flexibility index (Phi) is 3.81. The van der Waals surface area contributed by atoms with Gasteiger partial charge in [-0.15, -0.1) is 0 Å². The van der Waals surface area contributed by atoms with Crippen LogP contribution in [-0.4, -0.2) is 55.3 Å². The number of hydrogen-bond donors (Lipinski definition) is 1. The van der Waals surface area contributed by atoms with Crippen LogP contribution in [0, 0.1) is 0 Å². The molecule has 2 amide bonds. The topological polar surface area (TPSA) is 83.6 Å². The van der Waals surface area contributed by atoms with E-state index in [0.717, 1.165) is 0 Å². The lowest BCUT2D eigenvalue weighted by molar-refractivity contribution is -0.150. The summed E-state index contributed by atoms with van der Waals surface area (Å²) in [6.45, 7) is 4.78. The van der Waals surface area contributed by atoms with Crippen molar-refractivity contribution in [3.05, 3.63) is 0 Å². The Morgan fingerprint density at radius 3 is 2.47 bits per heavy atom. The Hall–Kier alpha value is -1.11. The molecule has 0 spiro atoms. The zero-order chi connectivity index (χ0) is 13.3. The largest absolute Gasteiger partial charge is 0.345 e. The molecule has 7 heteroatoms. The average molecular weight is 262 g/mol. The molecule has 1 saturated heterocycles. The Bertz CT molecular complexity index is 428. The van der Waals surface area contributed by atoms with Crippen LogP contribution in [0.4, 0.5) is 0 Å². The normalized spacial score (nSPS) is 20.3. The van der Waals surface area contributed by atoms with Gasteiger partial charge in [-0.05, 0) is 13.8 Å². The van der Waals surface area contributed by atoms with Gasteiger partial charge in [0, 0.05) is 12.3 Å². The van der Waals surface area contributed by atoms with Crippen molar-refractivity contribution in [3.63, 3.8) is 0 Å². The van der Waals surface area contributed by atoms with Gasteiger partial charge in [0.05, 0.1) is 12.3 Å². The van der Waals surface area contributed by atoms with Gasteiger partial charge >= 0.3 is 0 Å². The summed E-state index contributed by atoms with van der Waals surface area (Å²) < 4.78 is 22.8. The maximum Gasteiger partial charge on any atom is 0.245 e. The summed E-state index contributed by atoms with van der Waals surface area (Å²) >= 11 is 0. The first-order valence-corrected chi connectivity index (χ1v) is 7.32. The maximum absolute atomic E-state index is 11.7. The molecule has 0 unspecified atom stereocenters. The van der Waals surface area contributed by atoms with Crippen molar-refractivity contribution in [3.8, 4) is 0 Å². The second kappa shape index (κ2) is 4.64. The van der Waals surface area contributed by atoms with Crippen LogP contribution in [0.25, 0.3) is 0 Å². The number of carbonyl (C=O) groups is 2. The van der Waals surface area contributed by atoms with Crippen LogP contribution in [0.1, 0.15) is 20.8 Å². The second-order valence-corrected chi connectivity index (χ2v) is 7.00. The minimum Gasteiger partial charge on any atom is -0.345 e. The fourth-order valence-electron chi connectivity index (χ4n) is 1.68. The third kappa shape index (κ3) is 2.96. The first kappa shape index (κ1) is 14.0. The van der Waals surface area contributed by atoms with E-state index in [-0.39, 0.29) is 36.4 Å². The molecule has 1 aliphatic rings. The third-order valence-electron chi connectivity index (χ3n) is 3.00. The quantitative estimate of drug-likeness (QED) is 0.716. The monoisotopic (exact) mass is 262 g/mol. The van der Waals surface area contributed by atoms with Crippen LogP contribution in [0.5, 0.6) is 0 Å². The van der Waals surface area contributed by atoms with Crippen LogP contribution in [-0.2, 0) is 19.4 Å². The molecule has 0 atom stereocenters. The Balaban J connectivity index is 2.80. The van der Waals surface area contributed by atoms with Gasteiger partial charge in [-0.1, -0.05) is 6.92 Å². The molecule has 0 saturated carbocycles. The summed E-state index contributed by atoms with van der Waals surface area (Å²) in [6.07, 6.45) is 0. The highest BCUT2D eigenvalue weighted by molar-refractivity contribution is 7.91. The van der Waals surface area contributed by atoms with Crippen LogP contribution in [0.3, 0.4) is 0 Å². The summed E-state index contributed by atoms with van der Waals surface area (Å²) in [6, 6.07) is 0. The molecule has 6 nitrogen and oxygen atoms in total.